The Labute approximate surface area is 134 Å². The number of carbonyl (C=O) groups is 2. The van der Waals surface area contributed by atoms with Crippen molar-refractivity contribution in [3.8, 4) is 11.5 Å². The molecule has 0 atom stereocenters. The highest BCUT2D eigenvalue weighted by atomic mass is 16.5. The maximum Gasteiger partial charge on any atom is 0.224 e. The van der Waals surface area contributed by atoms with Gasteiger partial charge < -0.3 is 15.2 Å². The van der Waals surface area contributed by atoms with Crippen molar-refractivity contribution in [1.29, 1.82) is 0 Å². The third-order valence-electron chi connectivity index (χ3n) is 3.17. The first kappa shape index (κ1) is 16.5. The van der Waals surface area contributed by atoms with Crippen molar-refractivity contribution in [2.75, 3.05) is 11.9 Å². The molecule has 0 saturated carbocycles. The highest BCUT2D eigenvalue weighted by Crippen LogP contribution is 2.14. The Balaban J connectivity index is 1.71. The van der Waals surface area contributed by atoms with E-state index in [2.05, 4.69) is 5.32 Å². The molecule has 5 nitrogen and oxygen atoms in total. The molecule has 5 heteroatoms. The molecule has 0 aliphatic heterocycles. The van der Waals surface area contributed by atoms with Crippen molar-refractivity contribution in [3.05, 3.63) is 54.1 Å². The van der Waals surface area contributed by atoms with Crippen LogP contribution < -0.4 is 10.1 Å². The largest absolute Gasteiger partial charge is 0.508 e. The molecular weight excluding hydrogens is 294 g/mol. The number of phenols is 1. The van der Waals surface area contributed by atoms with Crippen LogP contribution in [0.1, 0.15) is 18.4 Å². The minimum atomic E-state index is -0.250. The number of ketones is 1. The van der Waals surface area contributed by atoms with Crippen LogP contribution in [0.4, 0.5) is 5.69 Å². The standard InChI is InChI=1S/C18H19NO4/c1-13-3-2-4-17(11-13)23-12-16(21)9-10-18(22)19-14-5-7-15(20)8-6-14/h2-8,11,20H,9-10,12H2,1H3,(H,19,22). The van der Waals surface area contributed by atoms with Gasteiger partial charge in [0.25, 0.3) is 0 Å². The number of hydrogen-bond acceptors (Lipinski definition) is 4. The second-order valence-electron chi connectivity index (χ2n) is 5.24. The molecule has 0 fully saturated rings. The first-order valence-electron chi connectivity index (χ1n) is 7.33. The van der Waals surface area contributed by atoms with Gasteiger partial charge in [0.1, 0.15) is 18.1 Å². The van der Waals surface area contributed by atoms with E-state index in [-0.39, 0.29) is 36.9 Å². The molecule has 2 aromatic rings. The van der Waals surface area contributed by atoms with Gasteiger partial charge in [0.15, 0.2) is 5.78 Å². The zero-order valence-corrected chi connectivity index (χ0v) is 12.9. The van der Waals surface area contributed by atoms with E-state index in [9.17, 15) is 9.59 Å². The lowest BCUT2D eigenvalue weighted by Gasteiger charge is -2.07. The average molecular weight is 313 g/mol. The zero-order chi connectivity index (χ0) is 16.7. The average Bonchev–Trinajstić information content (AvgIpc) is 2.53. The monoisotopic (exact) mass is 313 g/mol. The fourth-order valence-electron chi connectivity index (χ4n) is 1.96. The molecule has 1 amide bonds. The van der Waals surface area contributed by atoms with E-state index in [0.717, 1.165) is 5.56 Å². The second kappa shape index (κ2) is 7.98. The van der Waals surface area contributed by atoms with Crippen LogP contribution in [-0.2, 0) is 9.59 Å². The van der Waals surface area contributed by atoms with Crippen molar-refractivity contribution < 1.29 is 19.4 Å². The molecule has 0 aliphatic carbocycles. The van der Waals surface area contributed by atoms with Gasteiger partial charge in [-0.1, -0.05) is 12.1 Å². The van der Waals surface area contributed by atoms with Crippen LogP contribution in [0.25, 0.3) is 0 Å². The number of phenolic OH excluding ortho intramolecular Hbond substituents is 1. The predicted octanol–water partition coefficient (Wildman–Crippen LogP) is 3.07. The van der Waals surface area contributed by atoms with Gasteiger partial charge in [-0.3, -0.25) is 9.59 Å². The molecule has 0 heterocycles. The van der Waals surface area contributed by atoms with E-state index in [1.807, 2.05) is 25.1 Å². The minimum absolute atomic E-state index is 0.0457. The summed E-state index contributed by atoms with van der Waals surface area (Å²) in [4.78, 5) is 23.5. The van der Waals surface area contributed by atoms with Gasteiger partial charge in [0.05, 0.1) is 0 Å². The highest BCUT2D eigenvalue weighted by Gasteiger charge is 2.08. The minimum Gasteiger partial charge on any atom is -0.508 e. The van der Waals surface area contributed by atoms with Crippen LogP contribution in [0, 0.1) is 6.92 Å². The van der Waals surface area contributed by atoms with Gasteiger partial charge in [-0.2, -0.15) is 0 Å². The van der Waals surface area contributed by atoms with Crippen molar-refractivity contribution in [2.24, 2.45) is 0 Å². The number of benzene rings is 2. The Morgan fingerprint density at radius 2 is 1.83 bits per heavy atom. The zero-order valence-electron chi connectivity index (χ0n) is 12.9. The summed E-state index contributed by atoms with van der Waals surface area (Å²) in [5, 5.41) is 11.8. The van der Waals surface area contributed by atoms with Crippen LogP contribution in [0.3, 0.4) is 0 Å². The molecule has 2 aromatic carbocycles. The predicted molar refractivity (Wildman–Crippen MR) is 87.7 cm³/mol. The smallest absolute Gasteiger partial charge is 0.224 e. The van der Waals surface area contributed by atoms with Crippen molar-refractivity contribution in [1.82, 2.24) is 0 Å². The Morgan fingerprint density at radius 3 is 2.52 bits per heavy atom. The number of aryl methyl sites for hydroxylation is 1. The summed E-state index contributed by atoms with van der Waals surface area (Å²) in [6.07, 6.45) is 0.215. The summed E-state index contributed by atoms with van der Waals surface area (Å²) in [7, 11) is 0. The summed E-state index contributed by atoms with van der Waals surface area (Å²) in [5.41, 5.74) is 1.64. The normalized spacial score (nSPS) is 10.1. The summed E-state index contributed by atoms with van der Waals surface area (Å²) < 4.78 is 5.40. The maximum absolute atomic E-state index is 11.8. The number of rotatable bonds is 7. The molecule has 0 unspecified atom stereocenters. The number of carbonyl (C=O) groups excluding carboxylic acids is 2. The van der Waals surface area contributed by atoms with Crippen molar-refractivity contribution in [2.45, 2.75) is 19.8 Å². The van der Waals surface area contributed by atoms with Gasteiger partial charge in [0, 0.05) is 18.5 Å². The molecule has 2 N–H and O–H groups in total. The van der Waals surface area contributed by atoms with Crippen LogP contribution in [0.15, 0.2) is 48.5 Å². The van der Waals surface area contributed by atoms with E-state index in [1.54, 1.807) is 18.2 Å². The van der Waals surface area contributed by atoms with Crippen LogP contribution in [0.2, 0.25) is 0 Å². The van der Waals surface area contributed by atoms with Crippen LogP contribution >= 0.6 is 0 Å². The summed E-state index contributed by atoms with van der Waals surface area (Å²) in [5.74, 6) is 0.394. The quantitative estimate of drug-likeness (QED) is 0.770. The molecule has 0 saturated heterocycles. The lowest BCUT2D eigenvalue weighted by molar-refractivity contribution is -0.124. The third kappa shape index (κ3) is 5.82. The Morgan fingerprint density at radius 1 is 1.09 bits per heavy atom. The fourth-order valence-corrected chi connectivity index (χ4v) is 1.96. The first-order chi connectivity index (χ1) is 11.0. The summed E-state index contributed by atoms with van der Waals surface area (Å²) in [6.45, 7) is 1.90. The molecule has 0 bridgehead atoms. The maximum atomic E-state index is 11.8. The molecule has 2 rings (SSSR count). The van der Waals surface area contributed by atoms with Gasteiger partial charge in [-0.25, -0.2) is 0 Å². The lowest BCUT2D eigenvalue weighted by Crippen LogP contribution is -2.16. The fraction of sp³-hybridized carbons (Fsp3) is 0.222. The number of anilines is 1. The van der Waals surface area contributed by atoms with Gasteiger partial charge >= 0.3 is 0 Å². The lowest BCUT2D eigenvalue weighted by atomic mass is 10.2. The number of ether oxygens (including phenoxy) is 1. The molecule has 0 radical (unpaired) electrons. The van der Waals surface area contributed by atoms with Crippen LogP contribution in [0.5, 0.6) is 11.5 Å². The van der Waals surface area contributed by atoms with Crippen molar-refractivity contribution >= 4 is 17.4 Å². The van der Waals surface area contributed by atoms with Crippen LogP contribution in [-0.4, -0.2) is 23.4 Å². The summed E-state index contributed by atoms with van der Waals surface area (Å²) in [6, 6.07) is 13.6. The van der Waals surface area contributed by atoms with Gasteiger partial charge in [0.2, 0.25) is 5.91 Å². The number of hydrogen-bond donors (Lipinski definition) is 2. The Hall–Kier alpha value is -2.82. The van der Waals surface area contributed by atoms with Crippen molar-refractivity contribution in [3.63, 3.8) is 0 Å². The number of amides is 1. The number of Topliss-reactive ketones (excluding diaryl/α,β-unsaturated/α-hetero) is 1. The van der Waals surface area contributed by atoms with Gasteiger partial charge in [-0.15, -0.1) is 0 Å². The van der Waals surface area contributed by atoms with E-state index in [0.29, 0.717) is 11.4 Å². The van der Waals surface area contributed by atoms with E-state index in [4.69, 9.17) is 9.84 Å². The van der Waals surface area contributed by atoms with E-state index >= 15 is 0 Å². The summed E-state index contributed by atoms with van der Waals surface area (Å²) >= 11 is 0. The Kier molecular flexibility index (Phi) is 5.74. The van der Waals surface area contributed by atoms with E-state index in [1.165, 1.54) is 12.1 Å². The molecule has 0 aliphatic rings. The molecule has 0 spiro atoms. The molecule has 0 aromatic heterocycles. The highest BCUT2D eigenvalue weighted by molar-refractivity contribution is 5.93. The number of nitrogens with one attached hydrogen (secondary N) is 1. The van der Waals surface area contributed by atoms with Gasteiger partial charge in [-0.05, 0) is 48.9 Å². The topological polar surface area (TPSA) is 75.6 Å². The Bertz CT molecular complexity index is 680. The SMILES string of the molecule is Cc1cccc(OCC(=O)CCC(=O)Nc2ccc(O)cc2)c1. The number of aromatic hydroxyl groups is 1. The molecule has 23 heavy (non-hydrogen) atoms. The first-order valence-corrected chi connectivity index (χ1v) is 7.33. The third-order valence-corrected chi connectivity index (χ3v) is 3.17. The second-order valence-corrected chi connectivity index (χ2v) is 5.24. The molecule has 120 valence electrons. The molecular formula is C18H19NO4. The van der Waals surface area contributed by atoms with E-state index < -0.39 is 0 Å².